The first kappa shape index (κ1) is 10.4. The molecule has 0 saturated heterocycles. The normalized spacial score (nSPS) is 11.5. The monoisotopic (exact) mass is 250 g/mol. The van der Waals surface area contributed by atoms with Crippen LogP contribution in [0.3, 0.4) is 0 Å². The van der Waals surface area contributed by atoms with E-state index in [0.717, 1.165) is 11.3 Å². The average Bonchev–Trinajstić information content (AvgIpc) is 2.73. The molecule has 0 bridgehead atoms. The van der Waals surface area contributed by atoms with Gasteiger partial charge < -0.3 is 0 Å². The highest BCUT2D eigenvalue weighted by Crippen LogP contribution is 2.22. The van der Waals surface area contributed by atoms with Gasteiger partial charge in [0.2, 0.25) is 0 Å². The number of hydrogen-bond donors (Lipinski definition) is 0. The summed E-state index contributed by atoms with van der Waals surface area (Å²) < 4.78 is 15.0. The highest BCUT2D eigenvalue weighted by Gasteiger charge is 2.12. The molecule has 0 aliphatic rings. The third kappa shape index (κ3) is 1.46. The van der Waals surface area contributed by atoms with Gasteiger partial charge in [-0.15, -0.1) is 10.2 Å². The van der Waals surface area contributed by atoms with Gasteiger partial charge in [0, 0.05) is 12.5 Å². The molecule has 0 unspecified atom stereocenters. The van der Waals surface area contributed by atoms with Crippen LogP contribution in [0.5, 0.6) is 0 Å². The average molecular weight is 251 g/mol. The maximum atomic E-state index is 13.2. The third-order valence-corrected chi connectivity index (χ3v) is 2.88. The van der Waals surface area contributed by atoms with Crippen LogP contribution in [-0.2, 0) is 6.42 Å². The Labute approximate surface area is 101 Å². The largest absolute Gasteiger partial charge is 0.275 e. The zero-order chi connectivity index (χ0) is 12.0. The van der Waals surface area contributed by atoms with Gasteiger partial charge in [-0.05, 0) is 12.1 Å². The van der Waals surface area contributed by atoms with Crippen molar-refractivity contribution in [2.75, 3.05) is 0 Å². The van der Waals surface area contributed by atoms with Crippen molar-refractivity contribution >= 4 is 28.3 Å². The van der Waals surface area contributed by atoms with Crippen molar-refractivity contribution in [3.63, 3.8) is 0 Å². The molecule has 0 N–H and O–H groups in total. The summed E-state index contributed by atoms with van der Waals surface area (Å²) in [6.45, 7) is 1.97. The Bertz CT molecular complexity index is 722. The lowest BCUT2D eigenvalue weighted by Crippen LogP contribution is -1.97. The molecule has 4 nitrogen and oxygen atoms in total. The Morgan fingerprint density at radius 1 is 1.35 bits per heavy atom. The summed E-state index contributed by atoms with van der Waals surface area (Å²) in [6, 6.07) is 4.39. The second-order valence-corrected chi connectivity index (χ2v) is 4.02. The molecule has 0 aliphatic carbocycles. The predicted molar refractivity (Wildman–Crippen MR) is 62.6 cm³/mol. The second kappa shape index (κ2) is 3.63. The summed E-state index contributed by atoms with van der Waals surface area (Å²) in [5, 5.41) is 8.26. The van der Waals surface area contributed by atoms with E-state index in [2.05, 4.69) is 15.2 Å². The molecule has 2 aromatic heterocycles. The SMILES string of the molecule is CCc1nnc2c(Cl)nc3cc(F)ccc3n12. The molecular weight excluding hydrogens is 243 g/mol. The summed E-state index contributed by atoms with van der Waals surface area (Å²) >= 11 is 6.00. The number of aromatic nitrogens is 4. The van der Waals surface area contributed by atoms with Crippen molar-refractivity contribution in [2.24, 2.45) is 0 Å². The van der Waals surface area contributed by atoms with Gasteiger partial charge in [0.1, 0.15) is 11.6 Å². The molecule has 3 aromatic rings. The van der Waals surface area contributed by atoms with Gasteiger partial charge in [0.15, 0.2) is 10.8 Å². The van der Waals surface area contributed by atoms with Gasteiger partial charge in [-0.25, -0.2) is 9.37 Å². The quantitative estimate of drug-likeness (QED) is 0.667. The first-order chi connectivity index (χ1) is 8.20. The van der Waals surface area contributed by atoms with Gasteiger partial charge in [-0.2, -0.15) is 0 Å². The lowest BCUT2D eigenvalue weighted by atomic mass is 10.3. The Balaban J connectivity index is 2.56. The standard InChI is InChI=1S/C11H8ClFN4/c1-2-9-15-16-11-10(12)14-7-5-6(13)3-4-8(7)17(9)11/h3-5H,2H2,1H3. The molecule has 6 heteroatoms. The van der Waals surface area contributed by atoms with Crippen LogP contribution in [0.25, 0.3) is 16.7 Å². The maximum absolute atomic E-state index is 13.2. The summed E-state index contributed by atoms with van der Waals surface area (Å²) in [5.41, 5.74) is 1.76. The van der Waals surface area contributed by atoms with Crippen LogP contribution in [0.4, 0.5) is 4.39 Å². The van der Waals surface area contributed by atoms with E-state index >= 15 is 0 Å². The van der Waals surface area contributed by atoms with Crippen LogP contribution in [0.2, 0.25) is 5.15 Å². The number of hydrogen-bond acceptors (Lipinski definition) is 3. The first-order valence-corrected chi connectivity index (χ1v) is 5.57. The Kier molecular flexibility index (Phi) is 2.22. The van der Waals surface area contributed by atoms with E-state index in [4.69, 9.17) is 11.6 Å². The highest BCUT2D eigenvalue weighted by atomic mass is 35.5. The summed E-state index contributed by atoms with van der Waals surface area (Å²) in [5.74, 6) is 0.437. The molecule has 0 fully saturated rings. The molecule has 1 aromatic carbocycles. The number of rotatable bonds is 1. The molecule has 0 amide bonds. The summed E-state index contributed by atoms with van der Waals surface area (Å²) in [4.78, 5) is 4.11. The Morgan fingerprint density at radius 3 is 2.94 bits per heavy atom. The van der Waals surface area contributed by atoms with E-state index in [9.17, 15) is 4.39 Å². The lowest BCUT2D eigenvalue weighted by Gasteiger charge is -2.04. The minimum Gasteiger partial charge on any atom is -0.275 e. The summed E-state index contributed by atoms with van der Waals surface area (Å²) in [6.07, 6.45) is 0.716. The van der Waals surface area contributed by atoms with Gasteiger partial charge in [-0.3, -0.25) is 4.40 Å². The van der Waals surface area contributed by atoms with Crippen molar-refractivity contribution in [3.8, 4) is 0 Å². The Hall–Kier alpha value is -1.75. The van der Waals surface area contributed by atoms with Gasteiger partial charge in [-0.1, -0.05) is 18.5 Å². The van der Waals surface area contributed by atoms with E-state index in [1.807, 2.05) is 11.3 Å². The van der Waals surface area contributed by atoms with Crippen molar-refractivity contribution < 1.29 is 4.39 Å². The van der Waals surface area contributed by atoms with E-state index in [1.54, 1.807) is 6.07 Å². The van der Waals surface area contributed by atoms with Gasteiger partial charge in [0.05, 0.1) is 11.0 Å². The number of halogens is 2. The van der Waals surface area contributed by atoms with E-state index in [1.165, 1.54) is 12.1 Å². The maximum Gasteiger partial charge on any atom is 0.199 e. The highest BCUT2D eigenvalue weighted by molar-refractivity contribution is 6.32. The minimum atomic E-state index is -0.341. The van der Waals surface area contributed by atoms with Crippen molar-refractivity contribution in [2.45, 2.75) is 13.3 Å². The van der Waals surface area contributed by atoms with Gasteiger partial charge in [0.25, 0.3) is 0 Å². The molecule has 0 radical (unpaired) electrons. The molecule has 0 saturated carbocycles. The molecule has 3 rings (SSSR count). The second-order valence-electron chi connectivity index (χ2n) is 3.66. The van der Waals surface area contributed by atoms with Crippen molar-refractivity contribution in [1.82, 2.24) is 19.6 Å². The molecule has 0 spiro atoms. The molecule has 0 aliphatic heterocycles. The molecule has 2 heterocycles. The number of fused-ring (bicyclic) bond motifs is 3. The fourth-order valence-corrected chi connectivity index (χ4v) is 2.08. The van der Waals surface area contributed by atoms with Crippen LogP contribution in [-0.4, -0.2) is 19.6 Å². The van der Waals surface area contributed by atoms with Crippen molar-refractivity contribution in [3.05, 3.63) is 35.0 Å². The van der Waals surface area contributed by atoms with Crippen LogP contribution < -0.4 is 0 Å². The number of benzene rings is 1. The van der Waals surface area contributed by atoms with Crippen LogP contribution in [0.15, 0.2) is 18.2 Å². The van der Waals surface area contributed by atoms with Crippen molar-refractivity contribution in [1.29, 1.82) is 0 Å². The van der Waals surface area contributed by atoms with Crippen LogP contribution in [0, 0.1) is 5.82 Å². The zero-order valence-corrected chi connectivity index (χ0v) is 9.74. The molecular formula is C11H8ClFN4. The molecule has 86 valence electrons. The number of nitrogens with zero attached hydrogens (tertiary/aromatic N) is 4. The van der Waals surface area contributed by atoms with Gasteiger partial charge >= 0.3 is 0 Å². The molecule has 0 atom stereocenters. The third-order valence-electron chi connectivity index (χ3n) is 2.63. The number of aryl methyl sites for hydroxylation is 1. The van der Waals surface area contributed by atoms with E-state index in [0.29, 0.717) is 17.6 Å². The van der Waals surface area contributed by atoms with Crippen LogP contribution in [0.1, 0.15) is 12.7 Å². The smallest absolute Gasteiger partial charge is 0.199 e. The van der Waals surface area contributed by atoms with Crippen LogP contribution >= 0.6 is 11.6 Å². The molecule has 17 heavy (non-hydrogen) atoms. The van der Waals surface area contributed by atoms with E-state index < -0.39 is 0 Å². The summed E-state index contributed by atoms with van der Waals surface area (Å²) in [7, 11) is 0. The first-order valence-electron chi connectivity index (χ1n) is 5.19. The Morgan fingerprint density at radius 2 is 2.18 bits per heavy atom. The zero-order valence-electron chi connectivity index (χ0n) is 8.98. The van der Waals surface area contributed by atoms with E-state index in [-0.39, 0.29) is 11.0 Å². The fraction of sp³-hybridized carbons (Fsp3) is 0.182. The predicted octanol–water partition coefficient (Wildman–Crippen LogP) is 2.63. The minimum absolute atomic E-state index is 0.232. The topological polar surface area (TPSA) is 43.1 Å². The fourth-order valence-electron chi connectivity index (χ4n) is 1.86. The lowest BCUT2D eigenvalue weighted by molar-refractivity contribution is 0.629.